The van der Waals surface area contributed by atoms with Crippen molar-refractivity contribution in [1.29, 1.82) is 0 Å². The maximum Gasteiger partial charge on any atom is 0.227 e. The number of hydrogen-bond donors (Lipinski definition) is 2. The van der Waals surface area contributed by atoms with Crippen molar-refractivity contribution in [1.82, 2.24) is 15.0 Å². The fraction of sp³-hybridized carbons (Fsp3) is 0.211. The van der Waals surface area contributed by atoms with E-state index in [-0.39, 0.29) is 0 Å². The van der Waals surface area contributed by atoms with E-state index in [4.69, 9.17) is 0 Å². The number of aromatic nitrogens is 3. The van der Waals surface area contributed by atoms with Crippen LogP contribution in [0.25, 0.3) is 0 Å². The normalized spacial score (nSPS) is 10.7. The molecule has 2 N–H and O–H groups in total. The molecular weight excluding hydrogens is 317 g/mol. The Bertz CT molecular complexity index is 816. The van der Waals surface area contributed by atoms with E-state index < -0.39 is 5.82 Å². The molecule has 0 radical (unpaired) electrons. The summed E-state index contributed by atoms with van der Waals surface area (Å²) in [6.45, 7) is 4.40. The van der Waals surface area contributed by atoms with Crippen LogP contribution >= 0.6 is 0 Å². The summed E-state index contributed by atoms with van der Waals surface area (Å²) >= 11 is 0. The van der Waals surface area contributed by atoms with Crippen LogP contribution in [-0.2, 0) is 6.42 Å². The molecular formula is C19H20FN5. The van der Waals surface area contributed by atoms with Crippen LogP contribution in [0.2, 0.25) is 0 Å². The molecule has 0 atom stereocenters. The molecule has 0 aliphatic carbocycles. The zero-order chi connectivity index (χ0) is 17.6. The van der Waals surface area contributed by atoms with Crippen molar-refractivity contribution in [2.24, 2.45) is 5.92 Å². The van der Waals surface area contributed by atoms with E-state index in [2.05, 4.69) is 51.6 Å². The third kappa shape index (κ3) is 4.73. The Balaban J connectivity index is 1.63. The smallest absolute Gasteiger partial charge is 0.227 e. The first-order chi connectivity index (χ1) is 12.1. The fourth-order valence-electron chi connectivity index (χ4n) is 2.41. The molecule has 0 fully saturated rings. The number of nitrogens with zero attached hydrogens (tertiary/aromatic N) is 3. The molecule has 2 aromatic heterocycles. The summed E-state index contributed by atoms with van der Waals surface area (Å²) in [6.07, 6.45) is 6.93. The third-order valence-corrected chi connectivity index (χ3v) is 3.56. The standard InChI is InChI=1S/C19H20FN5/c1-13(2)9-14-3-5-15(6-4-14)25-19-22-10-16(11-23-19)24-18-7-8-21-12-17(18)20/h3-8,10-13H,9H2,1-2H3,(H,21,24)(H,22,23,25). The van der Waals surface area contributed by atoms with Gasteiger partial charge in [-0.15, -0.1) is 0 Å². The van der Waals surface area contributed by atoms with Crippen molar-refractivity contribution >= 4 is 23.0 Å². The first-order valence-corrected chi connectivity index (χ1v) is 8.14. The lowest BCUT2D eigenvalue weighted by molar-refractivity contribution is 0.625. The van der Waals surface area contributed by atoms with Gasteiger partial charge >= 0.3 is 0 Å². The SMILES string of the molecule is CC(C)Cc1ccc(Nc2ncc(Nc3ccncc3F)cn2)cc1. The van der Waals surface area contributed by atoms with Crippen molar-refractivity contribution in [2.75, 3.05) is 10.6 Å². The Morgan fingerprint density at radius 1 is 0.920 bits per heavy atom. The summed E-state index contributed by atoms with van der Waals surface area (Å²) in [5.74, 6) is 0.691. The summed E-state index contributed by atoms with van der Waals surface area (Å²) in [7, 11) is 0. The van der Waals surface area contributed by atoms with Gasteiger partial charge in [0.1, 0.15) is 0 Å². The minimum atomic E-state index is -0.425. The molecule has 6 heteroatoms. The second-order valence-electron chi connectivity index (χ2n) is 6.20. The zero-order valence-corrected chi connectivity index (χ0v) is 14.2. The lowest BCUT2D eigenvalue weighted by Crippen LogP contribution is -2.00. The van der Waals surface area contributed by atoms with Gasteiger partial charge in [-0.25, -0.2) is 14.4 Å². The van der Waals surface area contributed by atoms with Crippen LogP contribution in [0.4, 0.5) is 27.4 Å². The minimum absolute atomic E-state index is 0.333. The number of rotatable bonds is 6. The quantitative estimate of drug-likeness (QED) is 0.683. The third-order valence-electron chi connectivity index (χ3n) is 3.56. The van der Waals surface area contributed by atoms with Crippen molar-refractivity contribution in [2.45, 2.75) is 20.3 Å². The Kier molecular flexibility index (Phi) is 5.18. The zero-order valence-electron chi connectivity index (χ0n) is 14.2. The fourth-order valence-corrected chi connectivity index (χ4v) is 2.41. The molecule has 0 amide bonds. The van der Waals surface area contributed by atoms with Gasteiger partial charge in [0.15, 0.2) is 5.82 Å². The van der Waals surface area contributed by atoms with E-state index in [0.29, 0.717) is 23.2 Å². The Labute approximate surface area is 146 Å². The second kappa shape index (κ2) is 7.70. The van der Waals surface area contributed by atoms with Crippen LogP contribution in [0.3, 0.4) is 0 Å². The van der Waals surface area contributed by atoms with Gasteiger partial charge in [-0.3, -0.25) is 4.98 Å². The van der Waals surface area contributed by atoms with Crippen LogP contribution in [0.5, 0.6) is 0 Å². The van der Waals surface area contributed by atoms with Crippen molar-refractivity contribution in [3.8, 4) is 0 Å². The molecule has 0 bridgehead atoms. The first-order valence-electron chi connectivity index (χ1n) is 8.14. The van der Waals surface area contributed by atoms with Crippen LogP contribution in [0.15, 0.2) is 55.1 Å². The number of benzene rings is 1. The predicted octanol–water partition coefficient (Wildman–Crippen LogP) is 4.70. The molecule has 2 heterocycles. The summed E-state index contributed by atoms with van der Waals surface area (Å²) in [4.78, 5) is 12.2. The van der Waals surface area contributed by atoms with Gasteiger partial charge in [0.05, 0.1) is 30.0 Å². The van der Waals surface area contributed by atoms with Gasteiger partial charge in [-0.2, -0.15) is 0 Å². The van der Waals surface area contributed by atoms with E-state index in [1.165, 1.54) is 11.8 Å². The maximum absolute atomic E-state index is 13.6. The molecule has 3 aromatic rings. The summed E-state index contributed by atoms with van der Waals surface area (Å²) in [5.41, 5.74) is 3.16. The van der Waals surface area contributed by atoms with E-state index in [1.54, 1.807) is 18.5 Å². The maximum atomic E-state index is 13.6. The van der Waals surface area contributed by atoms with Crippen LogP contribution in [0.1, 0.15) is 19.4 Å². The van der Waals surface area contributed by atoms with Gasteiger partial charge in [-0.1, -0.05) is 26.0 Å². The molecule has 5 nitrogen and oxygen atoms in total. The average molecular weight is 337 g/mol. The molecule has 0 saturated heterocycles. The second-order valence-corrected chi connectivity index (χ2v) is 6.20. The topological polar surface area (TPSA) is 62.7 Å². The highest BCUT2D eigenvalue weighted by atomic mass is 19.1. The van der Waals surface area contributed by atoms with E-state index in [1.807, 2.05) is 12.1 Å². The molecule has 1 aromatic carbocycles. The summed E-state index contributed by atoms with van der Waals surface area (Å²) in [5, 5.41) is 6.07. The molecule has 0 aliphatic heterocycles. The van der Waals surface area contributed by atoms with Crippen molar-refractivity contribution < 1.29 is 4.39 Å². The van der Waals surface area contributed by atoms with E-state index in [9.17, 15) is 4.39 Å². The predicted molar refractivity (Wildman–Crippen MR) is 97.8 cm³/mol. The number of pyridine rings is 1. The molecule has 3 rings (SSSR count). The molecule has 0 unspecified atom stereocenters. The van der Waals surface area contributed by atoms with E-state index >= 15 is 0 Å². The highest BCUT2D eigenvalue weighted by Gasteiger charge is 2.04. The van der Waals surface area contributed by atoms with Gasteiger partial charge < -0.3 is 10.6 Å². The molecule has 25 heavy (non-hydrogen) atoms. The Morgan fingerprint density at radius 3 is 2.28 bits per heavy atom. The highest BCUT2D eigenvalue weighted by molar-refractivity contribution is 5.59. The average Bonchev–Trinajstić information content (AvgIpc) is 2.60. The van der Waals surface area contributed by atoms with Crippen molar-refractivity contribution in [3.05, 3.63) is 66.5 Å². The van der Waals surface area contributed by atoms with Gasteiger partial charge in [0.2, 0.25) is 5.95 Å². The highest BCUT2D eigenvalue weighted by Crippen LogP contribution is 2.19. The lowest BCUT2D eigenvalue weighted by Gasteiger charge is -2.09. The van der Waals surface area contributed by atoms with Gasteiger partial charge in [0, 0.05) is 11.9 Å². The first kappa shape index (κ1) is 16.8. The largest absolute Gasteiger partial charge is 0.351 e. The Hall–Kier alpha value is -3.02. The lowest BCUT2D eigenvalue weighted by atomic mass is 10.0. The summed E-state index contributed by atoms with van der Waals surface area (Å²) < 4.78 is 13.6. The minimum Gasteiger partial charge on any atom is -0.351 e. The number of hydrogen-bond acceptors (Lipinski definition) is 5. The number of halogens is 1. The Morgan fingerprint density at radius 2 is 1.64 bits per heavy atom. The number of anilines is 4. The summed E-state index contributed by atoms with van der Waals surface area (Å²) in [6, 6.07) is 9.79. The van der Waals surface area contributed by atoms with Crippen LogP contribution in [0, 0.1) is 11.7 Å². The van der Waals surface area contributed by atoms with Gasteiger partial charge in [0.25, 0.3) is 0 Å². The van der Waals surface area contributed by atoms with Crippen LogP contribution in [-0.4, -0.2) is 15.0 Å². The van der Waals surface area contributed by atoms with Gasteiger partial charge in [-0.05, 0) is 36.1 Å². The number of nitrogens with one attached hydrogen (secondary N) is 2. The van der Waals surface area contributed by atoms with Crippen LogP contribution < -0.4 is 10.6 Å². The molecule has 0 aliphatic rings. The molecule has 128 valence electrons. The van der Waals surface area contributed by atoms with E-state index in [0.717, 1.165) is 18.3 Å². The molecule has 0 saturated carbocycles. The monoisotopic (exact) mass is 337 g/mol. The molecule has 0 spiro atoms. The van der Waals surface area contributed by atoms with Crippen molar-refractivity contribution in [3.63, 3.8) is 0 Å².